The van der Waals surface area contributed by atoms with Crippen LogP contribution in [0.25, 0.3) is 22.7 Å². The van der Waals surface area contributed by atoms with E-state index >= 15 is 0 Å². The molecule has 3 heterocycles. The number of hydrogen-bond donors (Lipinski definition) is 1. The number of ether oxygens (including phenoxy) is 1. The summed E-state index contributed by atoms with van der Waals surface area (Å²) in [7, 11) is 1.48. The lowest BCUT2D eigenvalue weighted by molar-refractivity contribution is 0.412. The van der Waals surface area contributed by atoms with Crippen molar-refractivity contribution in [3.63, 3.8) is 0 Å². The van der Waals surface area contributed by atoms with Gasteiger partial charge in [-0.15, -0.1) is 0 Å². The summed E-state index contributed by atoms with van der Waals surface area (Å²) in [6.07, 6.45) is 6.16. The van der Waals surface area contributed by atoms with Crippen molar-refractivity contribution >= 4 is 11.0 Å². The van der Waals surface area contributed by atoms with E-state index in [4.69, 9.17) is 4.74 Å². The van der Waals surface area contributed by atoms with Crippen LogP contribution in [0.2, 0.25) is 0 Å². The van der Waals surface area contributed by atoms with Crippen LogP contribution in [0.15, 0.2) is 52.7 Å². The Labute approximate surface area is 146 Å². The molecule has 0 amide bonds. The number of rotatable bonds is 3. The molecule has 0 fully saturated rings. The number of aryl methyl sites for hydroxylation is 1. The predicted octanol–water partition coefficient (Wildman–Crippen LogP) is 0.972. The predicted molar refractivity (Wildman–Crippen MR) is 94.2 cm³/mol. The van der Waals surface area contributed by atoms with Gasteiger partial charge in [0.25, 0.3) is 5.56 Å². The van der Waals surface area contributed by atoms with Crippen LogP contribution in [0.5, 0.6) is 5.75 Å². The van der Waals surface area contributed by atoms with Crippen LogP contribution in [-0.4, -0.2) is 36.2 Å². The topological polar surface area (TPSA) is 108 Å². The molecule has 4 aromatic rings. The fourth-order valence-corrected chi connectivity index (χ4v) is 2.69. The molecule has 0 saturated carbocycles. The van der Waals surface area contributed by atoms with Crippen molar-refractivity contribution in [3.05, 3.63) is 69.5 Å². The first kappa shape index (κ1) is 15.8. The van der Waals surface area contributed by atoms with E-state index in [0.717, 1.165) is 10.1 Å². The summed E-state index contributed by atoms with van der Waals surface area (Å²) in [4.78, 5) is 40.5. The maximum atomic E-state index is 12.9. The summed E-state index contributed by atoms with van der Waals surface area (Å²) in [5.41, 5.74) is 0.270. The minimum atomic E-state index is -0.610. The molecule has 130 valence electrons. The fraction of sp³-hybridized carbons (Fsp3) is 0.118. The maximum Gasteiger partial charge on any atom is 0.334 e. The molecule has 0 aliphatic rings. The van der Waals surface area contributed by atoms with Gasteiger partial charge in [0.2, 0.25) is 5.95 Å². The third-order valence-electron chi connectivity index (χ3n) is 3.95. The van der Waals surface area contributed by atoms with Gasteiger partial charge >= 0.3 is 5.69 Å². The Hall–Kier alpha value is -3.75. The molecule has 0 aliphatic heterocycles. The zero-order valence-electron chi connectivity index (χ0n) is 14.0. The van der Waals surface area contributed by atoms with Crippen LogP contribution in [0.4, 0.5) is 0 Å². The SMILES string of the molecule is COc1ccc(C)cc1-n1c(=O)[nH]c2nc(-n3ccnc3)ncc2c1=O. The molecular weight excluding hydrogens is 336 g/mol. The second-order valence-electron chi connectivity index (χ2n) is 5.65. The van der Waals surface area contributed by atoms with Crippen molar-refractivity contribution in [2.75, 3.05) is 7.11 Å². The summed E-state index contributed by atoms with van der Waals surface area (Å²) >= 11 is 0. The first-order chi connectivity index (χ1) is 12.6. The Morgan fingerprint density at radius 3 is 2.81 bits per heavy atom. The van der Waals surface area contributed by atoms with Crippen LogP contribution in [0, 0.1) is 6.92 Å². The van der Waals surface area contributed by atoms with E-state index in [-0.39, 0.29) is 11.0 Å². The zero-order chi connectivity index (χ0) is 18.3. The zero-order valence-corrected chi connectivity index (χ0v) is 14.0. The Bertz CT molecular complexity index is 1220. The van der Waals surface area contributed by atoms with Crippen molar-refractivity contribution in [1.29, 1.82) is 0 Å². The molecule has 26 heavy (non-hydrogen) atoms. The summed E-state index contributed by atoms with van der Waals surface area (Å²) in [6.45, 7) is 1.86. The first-order valence-electron chi connectivity index (χ1n) is 7.74. The number of aromatic nitrogens is 6. The van der Waals surface area contributed by atoms with Gasteiger partial charge in [-0.3, -0.25) is 14.3 Å². The van der Waals surface area contributed by atoms with Crippen LogP contribution >= 0.6 is 0 Å². The van der Waals surface area contributed by atoms with E-state index < -0.39 is 11.2 Å². The number of benzene rings is 1. The van der Waals surface area contributed by atoms with Crippen molar-refractivity contribution in [1.82, 2.24) is 29.1 Å². The molecular formula is C17H14N6O3. The van der Waals surface area contributed by atoms with E-state index in [0.29, 0.717) is 17.4 Å². The summed E-state index contributed by atoms with van der Waals surface area (Å²) in [5, 5.41) is 0.192. The van der Waals surface area contributed by atoms with Gasteiger partial charge in [0.1, 0.15) is 17.5 Å². The summed E-state index contributed by atoms with van der Waals surface area (Å²) in [6, 6.07) is 5.25. The van der Waals surface area contributed by atoms with Gasteiger partial charge in [0, 0.05) is 18.6 Å². The average Bonchev–Trinajstić information content (AvgIpc) is 3.16. The molecule has 0 radical (unpaired) electrons. The summed E-state index contributed by atoms with van der Waals surface area (Å²) in [5.74, 6) is 0.717. The number of nitrogens with one attached hydrogen (secondary N) is 1. The van der Waals surface area contributed by atoms with Crippen LogP contribution in [-0.2, 0) is 0 Å². The third-order valence-corrected chi connectivity index (χ3v) is 3.95. The summed E-state index contributed by atoms with van der Waals surface area (Å²) < 4.78 is 7.89. The number of aromatic amines is 1. The Balaban J connectivity index is 1.99. The quantitative estimate of drug-likeness (QED) is 0.590. The largest absolute Gasteiger partial charge is 0.495 e. The van der Waals surface area contributed by atoms with Crippen LogP contribution in [0.1, 0.15) is 5.56 Å². The number of methoxy groups -OCH3 is 1. The Kier molecular flexibility index (Phi) is 3.61. The molecule has 0 atom stereocenters. The second kappa shape index (κ2) is 5.96. The highest BCUT2D eigenvalue weighted by Crippen LogP contribution is 2.22. The molecule has 0 saturated heterocycles. The monoisotopic (exact) mass is 350 g/mol. The average molecular weight is 350 g/mol. The number of H-pyrrole nitrogens is 1. The fourth-order valence-electron chi connectivity index (χ4n) is 2.69. The van der Waals surface area contributed by atoms with Crippen molar-refractivity contribution < 1.29 is 4.74 Å². The van der Waals surface area contributed by atoms with Gasteiger partial charge in [0.05, 0.1) is 12.8 Å². The molecule has 9 nitrogen and oxygen atoms in total. The lowest BCUT2D eigenvalue weighted by atomic mass is 10.2. The standard InChI is InChI=1S/C17H14N6O3/c1-10-3-4-13(26-2)12(7-10)23-15(24)11-8-19-16(22-6-5-18-9-22)20-14(11)21-17(23)25/h3-9H,1-2H3,(H,19,20,21,25). The van der Waals surface area contributed by atoms with Crippen LogP contribution < -0.4 is 16.0 Å². The molecule has 4 rings (SSSR count). The van der Waals surface area contributed by atoms with Gasteiger partial charge in [-0.05, 0) is 24.6 Å². The molecule has 3 aromatic heterocycles. The molecule has 0 aliphatic carbocycles. The highest BCUT2D eigenvalue weighted by molar-refractivity contribution is 5.73. The minimum Gasteiger partial charge on any atom is -0.495 e. The van der Waals surface area contributed by atoms with Gasteiger partial charge in [-0.2, -0.15) is 4.98 Å². The smallest absolute Gasteiger partial charge is 0.334 e. The number of fused-ring (bicyclic) bond motifs is 1. The van der Waals surface area contributed by atoms with Gasteiger partial charge in [0.15, 0.2) is 5.65 Å². The molecule has 1 aromatic carbocycles. The van der Waals surface area contributed by atoms with E-state index in [2.05, 4.69) is 19.9 Å². The number of hydrogen-bond acceptors (Lipinski definition) is 6. The lowest BCUT2D eigenvalue weighted by Gasteiger charge is -2.11. The molecule has 1 N–H and O–H groups in total. The van der Waals surface area contributed by atoms with Crippen LogP contribution in [0.3, 0.4) is 0 Å². The third kappa shape index (κ3) is 2.46. The van der Waals surface area contributed by atoms with Gasteiger partial charge in [-0.25, -0.2) is 19.3 Å². The first-order valence-corrected chi connectivity index (χ1v) is 7.74. The van der Waals surface area contributed by atoms with E-state index in [1.165, 1.54) is 19.6 Å². The molecule has 0 bridgehead atoms. The number of imidazole rings is 1. The second-order valence-corrected chi connectivity index (χ2v) is 5.65. The van der Waals surface area contributed by atoms with Crippen molar-refractivity contribution in [3.8, 4) is 17.4 Å². The highest BCUT2D eigenvalue weighted by atomic mass is 16.5. The number of nitrogens with zero attached hydrogens (tertiary/aromatic N) is 5. The molecule has 0 unspecified atom stereocenters. The molecule has 9 heteroatoms. The highest BCUT2D eigenvalue weighted by Gasteiger charge is 2.15. The lowest BCUT2D eigenvalue weighted by Crippen LogP contribution is -2.34. The van der Waals surface area contributed by atoms with E-state index in [1.807, 2.05) is 13.0 Å². The minimum absolute atomic E-state index is 0.154. The Morgan fingerprint density at radius 1 is 1.23 bits per heavy atom. The van der Waals surface area contributed by atoms with Crippen molar-refractivity contribution in [2.24, 2.45) is 0 Å². The van der Waals surface area contributed by atoms with Gasteiger partial charge < -0.3 is 4.74 Å². The van der Waals surface area contributed by atoms with Crippen molar-refractivity contribution in [2.45, 2.75) is 6.92 Å². The van der Waals surface area contributed by atoms with E-state index in [1.54, 1.807) is 29.1 Å². The normalized spacial score (nSPS) is 11.0. The van der Waals surface area contributed by atoms with E-state index in [9.17, 15) is 9.59 Å². The molecule has 0 spiro atoms. The maximum absolute atomic E-state index is 12.9. The van der Waals surface area contributed by atoms with Gasteiger partial charge in [-0.1, -0.05) is 6.07 Å². The Morgan fingerprint density at radius 2 is 2.08 bits per heavy atom.